The van der Waals surface area contributed by atoms with E-state index < -0.39 is 5.97 Å². The predicted octanol–water partition coefficient (Wildman–Crippen LogP) is 11.4. The number of aromatic amines is 1. The molecule has 2 aliphatic carbocycles. The van der Waals surface area contributed by atoms with Crippen LogP contribution in [0.1, 0.15) is 91.8 Å². The van der Waals surface area contributed by atoms with Gasteiger partial charge in [-0.2, -0.15) is 0 Å². The van der Waals surface area contributed by atoms with Crippen LogP contribution in [0, 0.1) is 22.7 Å². The fourth-order valence-corrected chi connectivity index (χ4v) is 6.84. The molecular weight excluding hydrogens is 765 g/mol. The number of carbonyl (C=O) groups excluding carboxylic acids is 1. The average Bonchev–Trinajstić information content (AvgIpc) is 3.32. The number of benzene rings is 2. The van der Waals surface area contributed by atoms with Gasteiger partial charge < -0.3 is 15.5 Å². The van der Waals surface area contributed by atoms with E-state index in [1.54, 1.807) is 12.1 Å². The molecule has 45 heavy (non-hydrogen) atoms. The van der Waals surface area contributed by atoms with Gasteiger partial charge in [-0.05, 0) is 123 Å². The summed E-state index contributed by atoms with van der Waals surface area (Å²) in [6.45, 7) is 14.9. The Kier molecular flexibility index (Phi) is 17.0. The summed E-state index contributed by atoms with van der Waals surface area (Å²) in [6.07, 6.45) is 7.40. The lowest BCUT2D eigenvalue weighted by Crippen LogP contribution is -2.26. The minimum atomic E-state index is -0.833. The molecule has 3 aromatic rings. The lowest BCUT2D eigenvalue weighted by Gasteiger charge is -2.34. The number of nitrogens with one attached hydrogen (secondary N) is 2. The van der Waals surface area contributed by atoms with Gasteiger partial charge in [0.25, 0.3) is 5.97 Å². The van der Waals surface area contributed by atoms with Crippen molar-refractivity contribution < 1.29 is 14.7 Å². The third-order valence-corrected chi connectivity index (χ3v) is 10.2. The number of aryl methyl sites for hydroxylation is 1. The van der Waals surface area contributed by atoms with Crippen LogP contribution in [0.5, 0.6) is 0 Å². The summed E-state index contributed by atoms with van der Waals surface area (Å²) in [5.41, 5.74) is 8.03. The second-order valence-electron chi connectivity index (χ2n) is 13.6. The van der Waals surface area contributed by atoms with E-state index in [0.29, 0.717) is 21.6 Å². The van der Waals surface area contributed by atoms with Gasteiger partial charge in [0.1, 0.15) is 5.78 Å². The third-order valence-electron chi connectivity index (χ3n) is 8.32. The number of halogens is 5. The zero-order valence-electron chi connectivity index (χ0n) is 27.3. The Balaban J connectivity index is 0.000000335. The maximum atomic E-state index is 10.9. The highest BCUT2D eigenvalue weighted by molar-refractivity contribution is 9.11. The lowest BCUT2D eigenvalue weighted by atomic mass is 9.71. The van der Waals surface area contributed by atoms with Crippen LogP contribution in [0.2, 0.25) is 10.0 Å². The van der Waals surface area contributed by atoms with Crippen LogP contribution >= 0.6 is 67.5 Å². The molecule has 0 aliphatic heterocycles. The molecule has 2 aromatic carbocycles. The minimum Gasteiger partial charge on any atom is -0.481 e. The van der Waals surface area contributed by atoms with Gasteiger partial charge in [0.15, 0.2) is 0 Å². The van der Waals surface area contributed by atoms with Gasteiger partial charge in [-0.25, -0.2) is 0 Å². The molecule has 0 amide bonds. The summed E-state index contributed by atoms with van der Waals surface area (Å²) in [5, 5.41) is 10.2. The number of aliphatic carboxylic acids is 1. The number of carbonyl (C=O) groups is 2. The number of hydrazine groups is 1. The van der Waals surface area contributed by atoms with Crippen LogP contribution in [0.4, 0.5) is 5.69 Å². The maximum absolute atomic E-state index is 10.9. The van der Waals surface area contributed by atoms with Crippen molar-refractivity contribution in [1.29, 1.82) is 0 Å². The number of anilines is 1. The minimum absolute atomic E-state index is 0. The SMILES string of the molecule is CC(=O)O.CC(C)(C)C1CCC(=O)CC1.CC(C)(C)C1CCc2[nH]c3c(Br)ccc(Cl)c3c2C1.Cl.NNc1cc(Cl)ccc1Br. The highest BCUT2D eigenvalue weighted by Crippen LogP contribution is 2.43. The normalized spacial score (nSPS) is 16.4. The number of hydrogen-bond acceptors (Lipinski definition) is 4. The molecule has 0 spiro atoms. The number of aromatic nitrogens is 1. The molecule has 1 fully saturated rings. The number of nitrogens with two attached hydrogens (primary N) is 1. The van der Waals surface area contributed by atoms with Crippen LogP contribution in [-0.4, -0.2) is 21.8 Å². The molecule has 1 heterocycles. The standard InChI is InChI=1S/C16H19BrClN.C10H18O.C6H6BrClN2.C2H4O2.ClH/c1-16(2,3)9-4-7-13-10(8-9)14-12(18)6-5-11(17)15(14)19-13;1-10(2,3)8-4-6-9(11)7-5-8;7-5-2-1-4(8)3-6(5)10-9;1-2(3)4;/h5-6,9,19H,4,7-8H2,1-3H3;8H,4-7H2,1-3H3;1-3,10H,9H2;1H3,(H,3,4);1H. The van der Waals surface area contributed by atoms with Crippen LogP contribution < -0.4 is 11.3 Å². The van der Waals surface area contributed by atoms with Crippen molar-refractivity contribution in [3.8, 4) is 0 Å². The molecule has 0 saturated heterocycles. The van der Waals surface area contributed by atoms with Gasteiger partial charge in [-0.3, -0.25) is 15.4 Å². The highest BCUT2D eigenvalue weighted by atomic mass is 79.9. The van der Waals surface area contributed by atoms with E-state index in [1.807, 2.05) is 18.2 Å². The lowest BCUT2D eigenvalue weighted by molar-refractivity contribution is -0.134. The van der Waals surface area contributed by atoms with Crippen molar-refractivity contribution in [3.63, 3.8) is 0 Å². The molecule has 1 saturated carbocycles. The highest BCUT2D eigenvalue weighted by Gasteiger charge is 2.31. The molecule has 1 unspecified atom stereocenters. The quantitative estimate of drug-likeness (QED) is 0.145. The Morgan fingerprint density at radius 2 is 1.44 bits per heavy atom. The summed E-state index contributed by atoms with van der Waals surface area (Å²) in [7, 11) is 0. The molecule has 5 N–H and O–H groups in total. The summed E-state index contributed by atoms with van der Waals surface area (Å²) in [5.74, 6) is 6.31. The zero-order valence-corrected chi connectivity index (χ0v) is 32.8. The molecule has 1 aromatic heterocycles. The first-order chi connectivity index (χ1) is 20.3. The predicted molar refractivity (Wildman–Crippen MR) is 200 cm³/mol. The average molecular weight is 813 g/mol. The molecular formula is C34H48Br2Cl3N3O3. The monoisotopic (exact) mass is 809 g/mol. The number of rotatable bonds is 1. The van der Waals surface area contributed by atoms with E-state index in [1.165, 1.54) is 23.1 Å². The van der Waals surface area contributed by atoms with E-state index in [4.69, 9.17) is 38.9 Å². The Hall–Kier alpha value is -1.29. The molecule has 11 heteroatoms. The fraction of sp³-hybridized carbons (Fsp3) is 0.529. The molecule has 0 radical (unpaired) electrons. The van der Waals surface area contributed by atoms with Crippen molar-refractivity contribution in [2.45, 2.75) is 93.4 Å². The Labute approximate surface area is 301 Å². The van der Waals surface area contributed by atoms with Gasteiger partial charge in [0, 0.05) is 44.8 Å². The van der Waals surface area contributed by atoms with Crippen molar-refractivity contribution in [2.24, 2.45) is 28.5 Å². The van der Waals surface area contributed by atoms with E-state index in [9.17, 15) is 4.79 Å². The molecule has 5 rings (SSSR count). The number of Topliss-reactive ketones (excluding diaryl/α,β-unsaturated/α-hetero) is 1. The second-order valence-corrected chi connectivity index (χ2v) is 16.2. The van der Waals surface area contributed by atoms with Crippen molar-refractivity contribution in [2.75, 3.05) is 5.43 Å². The van der Waals surface area contributed by atoms with Crippen LogP contribution in [0.15, 0.2) is 39.3 Å². The van der Waals surface area contributed by atoms with E-state index in [0.717, 1.165) is 82.5 Å². The fourth-order valence-electron chi connectivity index (χ4n) is 5.61. The van der Waals surface area contributed by atoms with E-state index >= 15 is 0 Å². The summed E-state index contributed by atoms with van der Waals surface area (Å²) < 4.78 is 2.01. The number of nitrogen functional groups attached to an aromatic ring is 1. The van der Waals surface area contributed by atoms with Crippen molar-refractivity contribution in [3.05, 3.63) is 60.6 Å². The van der Waals surface area contributed by atoms with Crippen molar-refractivity contribution in [1.82, 2.24) is 4.98 Å². The van der Waals surface area contributed by atoms with Gasteiger partial charge in [0.05, 0.1) is 16.2 Å². The molecule has 0 bridgehead atoms. The second kappa shape index (κ2) is 18.3. The zero-order chi connectivity index (χ0) is 33.4. The topological polar surface area (TPSA) is 108 Å². The summed E-state index contributed by atoms with van der Waals surface area (Å²) in [6, 6.07) is 9.37. The first kappa shape index (κ1) is 41.7. The first-order valence-corrected chi connectivity index (χ1v) is 17.3. The van der Waals surface area contributed by atoms with Gasteiger partial charge >= 0.3 is 0 Å². The summed E-state index contributed by atoms with van der Waals surface area (Å²) in [4.78, 5) is 23.5. The molecule has 252 valence electrons. The Bertz CT molecular complexity index is 1420. The Morgan fingerprint density at radius 3 is 1.93 bits per heavy atom. The smallest absolute Gasteiger partial charge is 0.300 e. The number of ketones is 1. The maximum Gasteiger partial charge on any atom is 0.300 e. The number of carboxylic acid groups (broad SMARTS) is 1. The molecule has 1 atom stereocenters. The van der Waals surface area contributed by atoms with Gasteiger partial charge in [-0.15, -0.1) is 12.4 Å². The summed E-state index contributed by atoms with van der Waals surface area (Å²) >= 11 is 19.0. The number of hydrogen-bond donors (Lipinski definition) is 4. The van der Waals surface area contributed by atoms with E-state index in [2.05, 4.69) is 83.8 Å². The van der Waals surface area contributed by atoms with Crippen LogP contribution in [-0.2, 0) is 22.4 Å². The molecule has 6 nitrogen and oxygen atoms in total. The number of fused-ring (bicyclic) bond motifs is 3. The largest absolute Gasteiger partial charge is 0.481 e. The van der Waals surface area contributed by atoms with Gasteiger partial charge in [-0.1, -0.05) is 64.7 Å². The van der Waals surface area contributed by atoms with Crippen LogP contribution in [0.3, 0.4) is 0 Å². The van der Waals surface area contributed by atoms with Crippen molar-refractivity contribution >= 4 is 95.8 Å². The molecule has 2 aliphatic rings. The Morgan fingerprint density at radius 1 is 0.933 bits per heavy atom. The number of carboxylic acids is 1. The van der Waals surface area contributed by atoms with Gasteiger partial charge in [0.2, 0.25) is 0 Å². The van der Waals surface area contributed by atoms with Crippen LogP contribution in [0.25, 0.3) is 10.9 Å². The number of H-pyrrole nitrogens is 1. The first-order valence-electron chi connectivity index (χ1n) is 14.9. The third kappa shape index (κ3) is 13.0. The van der Waals surface area contributed by atoms with E-state index in [-0.39, 0.29) is 12.4 Å².